The quantitative estimate of drug-likeness (QED) is 0.408. The van der Waals surface area contributed by atoms with E-state index in [2.05, 4.69) is 39.9 Å². The van der Waals surface area contributed by atoms with E-state index in [-0.39, 0.29) is 12.5 Å². The summed E-state index contributed by atoms with van der Waals surface area (Å²) >= 11 is 0. The molecular formula is C22H31N5O3. The summed E-state index contributed by atoms with van der Waals surface area (Å²) in [5.41, 5.74) is 3.11. The van der Waals surface area contributed by atoms with Gasteiger partial charge in [0.25, 0.3) is 5.91 Å². The number of hydrogen-bond donors (Lipinski definition) is 3. The van der Waals surface area contributed by atoms with E-state index >= 15 is 0 Å². The summed E-state index contributed by atoms with van der Waals surface area (Å²) < 4.78 is 11.0. The molecule has 8 nitrogen and oxygen atoms in total. The summed E-state index contributed by atoms with van der Waals surface area (Å²) in [5.74, 6) is 2.20. The van der Waals surface area contributed by atoms with Gasteiger partial charge in [0.05, 0.1) is 5.69 Å². The molecule has 8 heteroatoms. The Morgan fingerprint density at radius 2 is 2.03 bits per heavy atom. The van der Waals surface area contributed by atoms with Crippen molar-refractivity contribution in [2.75, 3.05) is 13.7 Å². The Bertz CT molecular complexity index is 852. The van der Waals surface area contributed by atoms with Crippen LogP contribution in [0.2, 0.25) is 0 Å². The summed E-state index contributed by atoms with van der Waals surface area (Å²) in [6.07, 6.45) is 3.78. The lowest BCUT2D eigenvalue weighted by molar-refractivity contribution is -0.123. The molecule has 162 valence electrons. The third kappa shape index (κ3) is 6.23. The van der Waals surface area contributed by atoms with Gasteiger partial charge in [-0.2, -0.15) is 0 Å². The predicted molar refractivity (Wildman–Crippen MR) is 115 cm³/mol. The minimum atomic E-state index is -0.0720. The summed E-state index contributed by atoms with van der Waals surface area (Å²) in [6.45, 7) is 5.35. The lowest BCUT2D eigenvalue weighted by Gasteiger charge is -2.13. The van der Waals surface area contributed by atoms with E-state index in [1.54, 1.807) is 7.05 Å². The Kier molecular flexibility index (Phi) is 7.70. The van der Waals surface area contributed by atoms with Crippen molar-refractivity contribution in [3.8, 4) is 5.75 Å². The van der Waals surface area contributed by atoms with Gasteiger partial charge in [0, 0.05) is 38.2 Å². The molecular weight excluding hydrogens is 382 g/mol. The van der Waals surface area contributed by atoms with Crippen LogP contribution in [0, 0.1) is 0 Å². The van der Waals surface area contributed by atoms with Gasteiger partial charge in [-0.05, 0) is 37.0 Å². The predicted octanol–water partition coefficient (Wildman–Crippen LogP) is 2.32. The Labute approximate surface area is 177 Å². The number of nitrogens with one attached hydrogen (secondary N) is 3. The van der Waals surface area contributed by atoms with E-state index in [0.717, 1.165) is 48.3 Å². The molecule has 0 unspecified atom stereocenters. The number of aromatic nitrogens is 1. The fourth-order valence-electron chi connectivity index (χ4n) is 3.11. The van der Waals surface area contributed by atoms with Crippen LogP contribution in [0.5, 0.6) is 5.75 Å². The summed E-state index contributed by atoms with van der Waals surface area (Å²) in [6, 6.07) is 8.04. The van der Waals surface area contributed by atoms with Crippen LogP contribution in [0.4, 0.5) is 0 Å². The van der Waals surface area contributed by atoms with Crippen LogP contribution in [0.1, 0.15) is 49.3 Å². The molecule has 0 atom stereocenters. The molecule has 0 spiro atoms. The van der Waals surface area contributed by atoms with Gasteiger partial charge in [-0.25, -0.2) is 0 Å². The van der Waals surface area contributed by atoms with E-state index in [0.29, 0.717) is 30.8 Å². The Morgan fingerprint density at radius 3 is 2.73 bits per heavy atom. The van der Waals surface area contributed by atoms with Gasteiger partial charge >= 0.3 is 0 Å². The van der Waals surface area contributed by atoms with Gasteiger partial charge in [0.1, 0.15) is 11.5 Å². The van der Waals surface area contributed by atoms with Crippen LogP contribution in [0.15, 0.2) is 33.8 Å². The van der Waals surface area contributed by atoms with E-state index in [9.17, 15) is 4.79 Å². The molecule has 0 aliphatic heterocycles. The maximum atomic E-state index is 11.8. The van der Waals surface area contributed by atoms with Crippen molar-refractivity contribution in [2.24, 2.45) is 4.99 Å². The Balaban J connectivity index is 1.48. The molecule has 0 bridgehead atoms. The molecule has 0 radical (unpaired) electrons. The minimum absolute atomic E-state index is 0.0366. The maximum absolute atomic E-state index is 11.8. The smallest absolute Gasteiger partial charge is 0.258 e. The van der Waals surface area contributed by atoms with E-state index in [4.69, 9.17) is 9.26 Å². The van der Waals surface area contributed by atoms with Gasteiger partial charge in [-0.15, -0.1) is 0 Å². The summed E-state index contributed by atoms with van der Waals surface area (Å²) in [4.78, 5) is 16.1. The number of aliphatic imine (C=N–C) groups is 1. The number of amides is 1. The number of hydrogen-bond acceptors (Lipinski definition) is 5. The Hall–Kier alpha value is -3.03. The number of carbonyl (C=O) groups excluding carboxylic acids is 1. The van der Waals surface area contributed by atoms with Crippen molar-refractivity contribution >= 4 is 11.9 Å². The normalized spacial score (nSPS) is 13.8. The standard InChI is InChI=1S/C22H31N5O3/c1-4-19-18(20(5-2)30-27-19)13-25-22(23-3)24-12-15-7-6-8-17(11-15)29-14-21(28)26-16-9-10-16/h6-8,11,16H,4-5,9-10,12-14H2,1-3H3,(H,26,28)(H2,23,24,25). The molecule has 3 rings (SSSR count). The molecule has 3 N–H and O–H groups in total. The highest BCUT2D eigenvalue weighted by Crippen LogP contribution is 2.19. The van der Waals surface area contributed by atoms with Crippen molar-refractivity contribution in [3.63, 3.8) is 0 Å². The molecule has 1 aliphatic carbocycles. The zero-order valence-corrected chi connectivity index (χ0v) is 18.0. The van der Waals surface area contributed by atoms with E-state index in [1.165, 1.54) is 0 Å². The summed E-state index contributed by atoms with van der Waals surface area (Å²) in [7, 11) is 1.74. The van der Waals surface area contributed by atoms with Crippen LogP contribution in [-0.2, 0) is 30.7 Å². The second-order valence-corrected chi connectivity index (χ2v) is 7.30. The van der Waals surface area contributed by atoms with Gasteiger partial charge in [-0.1, -0.05) is 31.1 Å². The first-order valence-electron chi connectivity index (χ1n) is 10.5. The number of nitrogens with zero attached hydrogens (tertiary/aromatic N) is 2. The van der Waals surface area contributed by atoms with Crippen molar-refractivity contribution in [3.05, 3.63) is 46.8 Å². The summed E-state index contributed by atoms with van der Waals surface area (Å²) in [5, 5.41) is 13.7. The average Bonchev–Trinajstić information content (AvgIpc) is 3.49. The number of aryl methyl sites for hydroxylation is 2. The van der Waals surface area contributed by atoms with Gasteiger partial charge < -0.3 is 25.2 Å². The molecule has 1 aromatic heterocycles. The van der Waals surface area contributed by atoms with Crippen LogP contribution in [0.3, 0.4) is 0 Å². The molecule has 30 heavy (non-hydrogen) atoms. The second-order valence-electron chi connectivity index (χ2n) is 7.30. The molecule has 2 aromatic rings. The van der Waals surface area contributed by atoms with Gasteiger partial charge in [0.2, 0.25) is 0 Å². The van der Waals surface area contributed by atoms with Crippen LogP contribution >= 0.6 is 0 Å². The fourth-order valence-corrected chi connectivity index (χ4v) is 3.11. The van der Waals surface area contributed by atoms with Crippen LogP contribution < -0.4 is 20.7 Å². The first-order valence-corrected chi connectivity index (χ1v) is 10.5. The Morgan fingerprint density at radius 1 is 1.23 bits per heavy atom. The highest BCUT2D eigenvalue weighted by atomic mass is 16.5. The molecule has 1 amide bonds. The topological polar surface area (TPSA) is 101 Å². The van der Waals surface area contributed by atoms with Crippen molar-refractivity contribution < 1.29 is 14.1 Å². The highest BCUT2D eigenvalue weighted by molar-refractivity contribution is 5.79. The first-order chi connectivity index (χ1) is 14.6. The molecule has 1 heterocycles. The molecule has 1 fully saturated rings. The maximum Gasteiger partial charge on any atom is 0.258 e. The number of carbonyl (C=O) groups is 1. The van der Waals surface area contributed by atoms with Crippen molar-refractivity contribution in [2.45, 2.75) is 58.7 Å². The second kappa shape index (κ2) is 10.7. The van der Waals surface area contributed by atoms with Crippen molar-refractivity contribution in [1.82, 2.24) is 21.1 Å². The number of benzene rings is 1. The third-order valence-corrected chi connectivity index (χ3v) is 4.93. The number of rotatable bonds is 10. The molecule has 0 saturated heterocycles. The number of guanidine groups is 1. The first kappa shape index (κ1) is 21.7. The van der Waals surface area contributed by atoms with Gasteiger partial charge in [-0.3, -0.25) is 9.79 Å². The zero-order chi connectivity index (χ0) is 21.3. The highest BCUT2D eigenvalue weighted by Gasteiger charge is 2.23. The van der Waals surface area contributed by atoms with Crippen molar-refractivity contribution in [1.29, 1.82) is 0 Å². The van der Waals surface area contributed by atoms with Crippen LogP contribution in [0.25, 0.3) is 0 Å². The van der Waals surface area contributed by atoms with E-state index < -0.39 is 0 Å². The molecule has 1 aliphatic rings. The molecule has 1 aromatic carbocycles. The fraction of sp³-hybridized carbons (Fsp3) is 0.500. The van der Waals surface area contributed by atoms with E-state index in [1.807, 2.05) is 24.3 Å². The number of ether oxygens (including phenoxy) is 1. The minimum Gasteiger partial charge on any atom is -0.484 e. The largest absolute Gasteiger partial charge is 0.484 e. The lowest BCUT2D eigenvalue weighted by atomic mass is 10.1. The SMILES string of the molecule is CCc1noc(CC)c1CNC(=NC)NCc1cccc(OCC(=O)NC2CC2)c1. The average molecular weight is 414 g/mol. The lowest BCUT2D eigenvalue weighted by Crippen LogP contribution is -2.36. The molecule has 1 saturated carbocycles. The van der Waals surface area contributed by atoms with Crippen LogP contribution in [-0.4, -0.2) is 36.7 Å². The van der Waals surface area contributed by atoms with Gasteiger partial charge in [0.15, 0.2) is 12.6 Å². The zero-order valence-electron chi connectivity index (χ0n) is 18.0. The third-order valence-electron chi connectivity index (χ3n) is 4.93. The monoisotopic (exact) mass is 413 g/mol.